The topological polar surface area (TPSA) is 117 Å². The lowest BCUT2D eigenvalue weighted by atomic mass is 10.1. The van der Waals surface area contributed by atoms with Crippen molar-refractivity contribution in [2.24, 2.45) is 22.7 Å². The maximum absolute atomic E-state index is 11.5. The van der Waals surface area contributed by atoms with E-state index in [1.165, 1.54) is 6.92 Å². The standard InChI is InChI=1S/C11H22N4O3/c1-7(2)6-14-9(16)4-5-13-11(17)8(3)10(12)15-18/h7-8,18H,4-6H2,1-3H3,(H2,12,15)(H,13,17)(H,14,16). The summed E-state index contributed by atoms with van der Waals surface area (Å²) in [6.45, 7) is 6.36. The van der Waals surface area contributed by atoms with Crippen molar-refractivity contribution in [3.05, 3.63) is 0 Å². The van der Waals surface area contributed by atoms with Crippen molar-refractivity contribution < 1.29 is 14.8 Å². The number of nitrogens with zero attached hydrogens (tertiary/aromatic N) is 1. The Morgan fingerprint density at radius 1 is 1.28 bits per heavy atom. The first kappa shape index (κ1) is 16.2. The van der Waals surface area contributed by atoms with Crippen molar-refractivity contribution in [2.45, 2.75) is 27.2 Å². The zero-order valence-corrected chi connectivity index (χ0v) is 11.1. The van der Waals surface area contributed by atoms with Gasteiger partial charge in [0.1, 0.15) is 0 Å². The lowest BCUT2D eigenvalue weighted by Crippen LogP contribution is -2.39. The monoisotopic (exact) mass is 258 g/mol. The van der Waals surface area contributed by atoms with Gasteiger partial charge in [-0.2, -0.15) is 0 Å². The van der Waals surface area contributed by atoms with Gasteiger partial charge < -0.3 is 21.6 Å². The minimum absolute atomic E-state index is 0.111. The number of carbonyl (C=O) groups excluding carboxylic acids is 2. The zero-order chi connectivity index (χ0) is 14.1. The van der Waals surface area contributed by atoms with Crippen LogP contribution in [0, 0.1) is 11.8 Å². The van der Waals surface area contributed by atoms with E-state index in [2.05, 4.69) is 15.8 Å². The molecular weight excluding hydrogens is 236 g/mol. The van der Waals surface area contributed by atoms with Gasteiger partial charge in [0.05, 0.1) is 5.92 Å². The van der Waals surface area contributed by atoms with Crippen molar-refractivity contribution in [1.82, 2.24) is 10.6 Å². The summed E-state index contributed by atoms with van der Waals surface area (Å²) in [6, 6.07) is 0. The summed E-state index contributed by atoms with van der Waals surface area (Å²) in [5.74, 6) is -0.961. The Bertz CT molecular complexity index is 315. The van der Waals surface area contributed by atoms with Gasteiger partial charge in [0.15, 0.2) is 5.84 Å². The third kappa shape index (κ3) is 6.72. The molecule has 7 nitrogen and oxygen atoms in total. The van der Waals surface area contributed by atoms with E-state index in [1.54, 1.807) is 0 Å². The van der Waals surface area contributed by atoms with Crippen LogP contribution in [0.4, 0.5) is 0 Å². The highest BCUT2D eigenvalue weighted by Crippen LogP contribution is 1.94. The maximum Gasteiger partial charge on any atom is 0.230 e. The van der Waals surface area contributed by atoms with E-state index in [-0.39, 0.29) is 30.6 Å². The zero-order valence-electron chi connectivity index (χ0n) is 11.1. The summed E-state index contributed by atoms with van der Waals surface area (Å²) in [5, 5.41) is 16.4. The van der Waals surface area contributed by atoms with Crippen molar-refractivity contribution in [3.63, 3.8) is 0 Å². The molecule has 7 heteroatoms. The number of nitrogens with one attached hydrogen (secondary N) is 2. The maximum atomic E-state index is 11.5. The lowest BCUT2D eigenvalue weighted by Gasteiger charge is -2.11. The molecule has 0 aromatic heterocycles. The summed E-state index contributed by atoms with van der Waals surface area (Å²) < 4.78 is 0. The van der Waals surface area contributed by atoms with Gasteiger partial charge in [-0.05, 0) is 12.8 Å². The number of oxime groups is 1. The molecule has 0 rings (SSSR count). The number of hydrogen-bond acceptors (Lipinski definition) is 4. The normalized spacial score (nSPS) is 13.2. The fourth-order valence-electron chi connectivity index (χ4n) is 1.08. The second kappa shape index (κ2) is 8.32. The molecule has 0 heterocycles. The Morgan fingerprint density at radius 3 is 2.39 bits per heavy atom. The van der Waals surface area contributed by atoms with E-state index < -0.39 is 5.92 Å². The van der Waals surface area contributed by atoms with Gasteiger partial charge in [-0.15, -0.1) is 0 Å². The molecule has 0 spiro atoms. The molecule has 0 aliphatic carbocycles. The average molecular weight is 258 g/mol. The predicted molar refractivity (Wildman–Crippen MR) is 68.0 cm³/mol. The average Bonchev–Trinajstić information content (AvgIpc) is 2.34. The molecule has 0 radical (unpaired) electrons. The first-order chi connectivity index (χ1) is 8.38. The van der Waals surface area contributed by atoms with E-state index in [1.807, 2.05) is 13.8 Å². The SMILES string of the molecule is CC(C)CNC(=O)CCNC(=O)C(C)C(N)=NO. The van der Waals surface area contributed by atoms with Crippen LogP contribution in [0.1, 0.15) is 27.2 Å². The number of amidine groups is 1. The molecule has 0 bridgehead atoms. The Morgan fingerprint density at radius 2 is 1.89 bits per heavy atom. The van der Waals surface area contributed by atoms with Gasteiger partial charge in [0.2, 0.25) is 11.8 Å². The predicted octanol–water partition coefficient (Wildman–Crippen LogP) is -0.353. The summed E-state index contributed by atoms with van der Waals surface area (Å²) >= 11 is 0. The summed E-state index contributed by atoms with van der Waals surface area (Å²) in [7, 11) is 0. The molecule has 104 valence electrons. The van der Waals surface area contributed by atoms with Crippen LogP contribution in [0.25, 0.3) is 0 Å². The third-order valence-electron chi connectivity index (χ3n) is 2.31. The van der Waals surface area contributed by atoms with Crippen LogP contribution in [-0.2, 0) is 9.59 Å². The number of hydrogen-bond donors (Lipinski definition) is 4. The molecule has 2 amide bonds. The van der Waals surface area contributed by atoms with Crippen molar-refractivity contribution in [3.8, 4) is 0 Å². The van der Waals surface area contributed by atoms with Crippen LogP contribution in [0.2, 0.25) is 0 Å². The van der Waals surface area contributed by atoms with E-state index in [9.17, 15) is 9.59 Å². The van der Waals surface area contributed by atoms with Crippen LogP contribution in [0.3, 0.4) is 0 Å². The molecule has 1 unspecified atom stereocenters. The van der Waals surface area contributed by atoms with Crippen LogP contribution in [0.15, 0.2) is 5.16 Å². The highest BCUT2D eigenvalue weighted by Gasteiger charge is 2.17. The molecule has 5 N–H and O–H groups in total. The summed E-state index contributed by atoms with van der Waals surface area (Å²) in [5.41, 5.74) is 5.29. The molecule has 18 heavy (non-hydrogen) atoms. The van der Waals surface area contributed by atoms with Gasteiger partial charge in [0, 0.05) is 19.5 Å². The number of rotatable bonds is 7. The highest BCUT2D eigenvalue weighted by molar-refractivity contribution is 6.01. The van der Waals surface area contributed by atoms with Crippen molar-refractivity contribution in [2.75, 3.05) is 13.1 Å². The Hall–Kier alpha value is -1.79. The summed E-state index contributed by atoms with van der Waals surface area (Å²) in [4.78, 5) is 22.8. The van der Waals surface area contributed by atoms with Gasteiger partial charge in [0.25, 0.3) is 0 Å². The number of amides is 2. The van der Waals surface area contributed by atoms with Gasteiger partial charge in [-0.1, -0.05) is 19.0 Å². The fraction of sp³-hybridized carbons (Fsp3) is 0.727. The second-order valence-electron chi connectivity index (χ2n) is 4.49. The first-order valence-corrected chi connectivity index (χ1v) is 5.90. The third-order valence-corrected chi connectivity index (χ3v) is 2.31. The largest absolute Gasteiger partial charge is 0.409 e. The smallest absolute Gasteiger partial charge is 0.230 e. The molecule has 0 aromatic rings. The van der Waals surface area contributed by atoms with E-state index >= 15 is 0 Å². The molecule has 1 atom stereocenters. The second-order valence-corrected chi connectivity index (χ2v) is 4.49. The van der Waals surface area contributed by atoms with Crippen LogP contribution in [-0.4, -0.2) is 35.9 Å². The molecule has 0 aliphatic heterocycles. The molecule has 0 fully saturated rings. The number of carbonyl (C=O) groups is 2. The minimum Gasteiger partial charge on any atom is -0.409 e. The highest BCUT2D eigenvalue weighted by atomic mass is 16.4. The number of nitrogens with two attached hydrogens (primary N) is 1. The Kier molecular flexibility index (Phi) is 7.50. The quantitative estimate of drug-likeness (QED) is 0.216. The van der Waals surface area contributed by atoms with Gasteiger partial charge in [-0.25, -0.2) is 0 Å². The fourth-order valence-corrected chi connectivity index (χ4v) is 1.08. The summed E-state index contributed by atoms with van der Waals surface area (Å²) in [6.07, 6.45) is 0.210. The van der Waals surface area contributed by atoms with Crippen molar-refractivity contribution >= 4 is 17.6 Å². The van der Waals surface area contributed by atoms with E-state index in [0.29, 0.717) is 12.5 Å². The van der Waals surface area contributed by atoms with Gasteiger partial charge in [-0.3, -0.25) is 9.59 Å². The van der Waals surface area contributed by atoms with Crippen LogP contribution < -0.4 is 16.4 Å². The molecular formula is C11H22N4O3. The van der Waals surface area contributed by atoms with E-state index in [4.69, 9.17) is 10.9 Å². The van der Waals surface area contributed by atoms with Gasteiger partial charge >= 0.3 is 0 Å². The Balaban J connectivity index is 3.84. The lowest BCUT2D eigenvalue weighted by molar-refractivity contribution is -0.123. The first-order valence-electron chi connectivity index (χ1n) is 5.90. The molecule has 0 aromatic carbocycles. The van der Waals surface area contributed by atoms with Crippen LogP contribution >= 0.6 is 0 Å². The molecule has 0 aliphatic rings. The molecule has 0 saturated heterocycles. The van der Waals surface area contributed by atoms with E-state index in [0.717, 1.165) is 0 Å². The minimum atomic E-state index is -0.714. The van der Waals surface area contributed by atoms with Crippen molar-refractivity contribution in [1.29, 1.82) is 0 Å². The molecule has 0 saturated carbocycles. The van der Waals surface area contributed by atoms with Crippen LogP contribution in [0.5, 0.6) is 0 Å². The Labute approximate surface area is 107 Å².